The van der Waals surface area contributed by atoms with Crippen LogP contribution in [0, 0.1) is 5.82 Å². The molecular formula is C24H27FN4O3. The van der Waals surface area contributed by atoms with Gasteiger partial charge in [0.05, 0.1) is 12.2 Å². The summed E-state index contributed by atoms with van der Waals surface area (Å²) in [5.41, 5.74) is 1.95. The second kappa shape index (κ2) is 9.48. The summed E-state index contributed by atoms with van der Waals surface area (Å²) in [5, 5.41) is 5.79. The lowest BCUT2D eigenvalue weighted by Crippen LogP contribution is -2.49. The summed E-state index contributed by atoms with van der Waals surface area (Å²) < 4.78 is 14.4. The summed E-state index contributed by atoms with van der Waals surface area (Å²) in [4.78, 5) is 40.0. The van der Waals surface area contributed by atoms with Gasteiger partial charge in [0.15, 0.2) is 5.78 Å². The number of halogens is 1. The first-order valence-corrected chi connectivity index (χ1v) is 10.9. The zero-order valence-corrected chi connectivity index (χ0v) is 18.1. The lowest BCUT2D eigenvalue weighted by atomic mass is 10.1. The Bertz CT molecular complexity index is 1030. The van der Waals surface area contributed by atoms with E-state index in [9.17, 15) is 18.8 Å². The minimum Gasteiger partial charge on any atom is -0.367 e. The summed E-state index contributed by atoms with van der Waals surface area (Å²) >= 11 is 0. The molecule has 1 saturated heterocycles. The van der Waals surface area contributed by atoms with Crippen molar-refractivity contribution < 1.29 is 18.8 Å². The van der Waals surface area contributed by atoms with E-state index in [1.54, 1.807) is 36.4 Å². The first-order valence-electron chi connectivity index (χ1n) is 10.9. The van der Waals surface area contributed by atoms with Crippen LogP contribution in [-0.4, -0.2) is 61.3 Å². The van der Waals surface area contributed by atoms with Crippen LogP contribution in [0.15, 0.2) is 42.5 Å². The molecule has 2 aliphatic rings. The predicted molar refractivity (Wildman–Crippen MR) is 121 cm³/mol. The Morgan fingerprint density at radius 3 is 2.41 bits per heavy atom. The Morgan fingerprint density at radius 1 is 1.00 bits per heavy atom. The van der Waals surface area contributed by atoms with E-state index in [-0.39, 0.29) is 30.2 Å². The highest BCUT2D eigenvalue weighted by Crippen LogP contribution is 2.23. The third kappa shape index (κ3) is 5.50. The van der Waals surface area contributed by atoms with Gasteiger partial charge in [-0.05, 0) is 56.2 Å². The van der Waals surface area contributed by atoms with Gasteiger partial charge in [0.25, 0.3) is 5.91 Å². The fourth-order valence-electron chi connectivity index (χ4n) is 3.77. The number of carbonyl (C=O) groups excluding carboxylic acids is 3. The van der Waals surface area contributed by atoms with Gasteiger partial charge in [-0.2, -0.15) is 0 Å². The fraction of sp³-hybridized carbons (Fsp3) is 0.375. The molecular weight excluding hydrogens is 411 g/mol. The van der Waals surface area contributed by atoms with Crippen molar-refractivity contribution in [2.45, 2.75) is 25.8 Å². The minimum absolute atomic E-state index is 0.122. The van der Waals surface area contributed by atoms with Crippen LogP contribution in [0.4, 0.5) is 15.8 Å². The number of nitrogens with one attached hydrogen (secondary N) is 2. The van der Waals surface area contributed by atoms with Crippen LogP contribution >= 0.6 is 0 Å². The number of piperazine rings is 1. The third-order valence-corrected chi connectivity index (χ3v) is 5.76. The molecule has 32 heavy (non-hydrogen) atoms. The highest BCUT2D eigenvalue weighted by atomic mass is 19.1. The Kier molecular flexibility index (Phi) is 6.50. The van der Waals surface area contributed by atoms with Crippen molar-refractivity contribution in [1.82, 2.24) is 10.2 Å². The van der Waals surface area contributed by atoms with Gasteiger partial charge in [0, 0.05) is 49.0 Å². The zero-order valence-electron chi connectivity index (χ0n) is 18.1. The monoisotopic (exact) mass is 438 g/mol. The van der Waals surface area contributed by atoms with Gasteiger partial charge >= 0.3 is 0 Å². The molecule has 4 rings (SSSR count). The van der Waals surface area contributed by atoms with Crippen LogP contribution in [-0.2, 0) is 4.79 Å². The van der Waals surface area contributed by atoms with Crippen LogP contribution in [0.1, 0.15) is 40.5 Å². The lowest BCUT2D eigenvalue weighted by molar-refractivity contribution is -0.117. The molecule has 1 aliphatic carbocycles. The number of amides is 2. The van der Waals surface area contributed by atoms with Crippen molar-refractivity contribution in [2.75, 3.05) is 42.9 Å². The number of hydrogen-bond donors (Lipinski definition) is 2. The van der Waals surface area contributed by atoms with Gasteiger partial charge in [-0.15, -0.1) is 0 Å². The maximum Gasteiger partial charge on any atom is 0.251 e. The van der Waals surface area contributed by atoms with Crippen LogP contribution in [0.3, 0.4) is 0 Å². The predicted octanol–water partition coefficient (Wildman–Crippen LogP) is 2.68. The summed E-state index contributed by atoms with van der Waals surface area (Å²) in [6.07, 6.45) is 2.04. The molecule has 0 aromatic heterocycles. The molecule has 1 heterocycles. The molecule has 0 atom stereocenters. The first kappa shape index (κ1) is 22.0. The van der Waals surface area contributed by atoms with Gasteiger partial charge in [0.1, 0.15) is 5.82 Å². The molecule has 2 fully saturated rings. The van der Waals surface area contributed by atoms with E-state index >= 15 is 0 Å². The second-order valence-corrected chi connectivity index (χ2v) is 8.36. The molecule has 2 N–H and O–H groups in total. The average Bonchev–Trinajstić information content (AvgIpc) is 3.58. The molecule has 0 bridgehead atoms. The molecule has 2 amide bonds. The number of nitrogens with zero attached hydrogens (tertiary/aromatic N) is 2. The molecule has 7 nitrogen and oxygen atoms in total. The molecule has 8 heteroatoms. The Morgan fingerprint density at radius 2 is 1.75 bits per heavy atom. The molecule has 2 aromatic rings. The molecule has 0 unspecified atom stereocenters. The molecule has 1 saturated carbocycles. The van der Waals surface area contributed by atoms with Crippen molar-refractivity contribution in [3.8, 4) is 0 Å². The van der Waals surface area contributed by atoms with E-state index in [2.05, 4.69) is 10.6 Å². The van der Waals surface area contributed by atoms with Crippen LogP contribution in [0.2, 0.25) is 0 Å². The van der Waals surface area contributed by atoms with Crippen LogP contribution in [0.5, 0.6) is 0 Å². The number of ketones is 1. The molecule has 168 valence electrons. The van der Waals surface area contributed by atoms with Crippen molar-refractivity contribution >= 4 is 29.0 Å². The molecule has 1 aliphatic heterocycles. The average molecular weight is 439 g/mol. The Labute approximate surface area is 186 Å². The zero-order chi connectivity index (χ0) is 22.7. The molecule has 0 spiro atoms. The normalized spacial score (nSPS) is 16.5. The van der Waals surface area contributed by atoms with Gasteiger partial charge in [-0.25, -0.2) is 4.39 Å². The van der Waals surface area contributed by atoms with Crippen molar-refractivity contribution in [3.63, 3.8) is 0 Å². The number of benzene rings is 2. The van der Waals surface area contributed by atoms with Gasteiger partial charge in [-0.3, -0.25) is 19.3 Å². The van der Waals surface area contributed by atoms with E-state index in [0.29, 0.717) is 48.7 Å². The molecule has 2 aromatic carbocycles. The number of anilines is 2. The maximum absolute atomic E-state index is 14.4. The van der Waals surface area contributed by atoms with E-state index in [4.69, 9.17) is 0 Å². The number of hydrogen-bond acceptors (Lipinski definition) is 5. The summed E-state index contributed by atoms with van der Waals surface area (Å²) in [6.45, 7) is 4.03. The second-order valence-electron chi connectivity index (χ2n) is 8.36. The first-order chi connectivity index (χ1) is 15.4. The Balaban J connectivity index is 1.27. The summed E-state index contributed by atoms with van der Waals surface area (Å²) in [6, 6.07) is 11.8. The summed E-state index contributed by atoms with van der Waals surface area (Å²) in [5.74, 6) is -0.853. The van der Waals surface area contributed by atoms with E-state index < -0.39 is 5.82 Å². The minimum atomic E-state index is -0.408. The maximum atomic E-state index is 14.4. The highest BCUT2D eigenvalue weighted by molar-refractivity contribution is 5.98. The highest BCUT2D eigenvalue weighted by Gasteiger charge is 2.24. The standard InChI is InChI=1S/C24H27FN4O3/c1-16(30)17-5-8-22(21(25)14-17)29-11-9-28(10-12-29)15-23(31)26-20-4-2-3-18(13-20)24(32)27-19-6-7-19/h2-5,8,13-14,19H,6-7,9-12,15H2,1H3,(H,26,31)(H,27,32). The quantitative estimate of drug-likeness (QED) is 0.650. The van der Waals surface area contributed by atoms with E-state index in [1.807, 2.05) is 9.80 Å². The van der Waals surface area contributed by atoms with E-state index in [0.717, 1.165) is 12.8 Å². The molecule has 0 radical (unpaired) electrons. The van der Waals surface area contributed by atoms with Crippen LogP contribution in [0.25, 0.3) is 0 Å². The SMILES string of the molecule is CC(=O)c1ccc(N2CCN(CC(=O)Nc3cccc(C(=O)NC4CC4)c3)CC2)c(F)c1. The number of carbonyl (C=O) groups is 3. The topological polar surface area (TPSA) is 81.8 Å². The lowest BCUT2D eigenvalue weighted by Gasteiger charge is -2.35. The van der Waals surface area contributed by atoms with Gasteiger partial charge in [-0.1, -0.05) is 6.07 Å². The number of Topliss-reactive ketones (excluding diaryl/α,β-unsaturated/α-hetero) is 1. The van der Waals surface area contributed by atoms with Crippen molar-refractivity contribution in [1.29, 1.82) is 0 Å². The largest absolute Gasteiger partial charge is 0.367 e. The van der Waals surface area contributed by atoms with Crippen molar-refractivity contribution in [2.24, 2.45) is 0 Å². The van der Waals surface area contributed by atoms with Crippen molar-refractivity contribution in [3.05, 3.63) is 59.4 Å². The van der Waals surface area contributed by atoms with E-state index in [1.165, 1.54) is 13.0 Å². The van der Waals surface area contributed by atoms with Gasteiger partial charge in [0.2, 0.25) is 5.91 Å². The third-order valence-electron chi connectivity index (χ3n) is 5.76. The smallest absolute Gasteiger partial charge is 0.251 e. The summed E-state index contributed by atoms with van der Waals surface area (Å²) in [7, 11) is 0. The van der Waals surface area contributed by atoms with Crippen LogP contribution < -0.4 is 15.5 Å². The Hall–Kier alpha value is -3.26. The number of rotatable bonds is 7. The fourth-order valence-corrected chi connectivity index (χ4v) is 3.77. The van der Waals surface area contributed by atoms with Gasteiger partial charge < -0.3 is 15.5 Å².